The highest BCUT2D eigenvalue weighted by Crippen LogP contribution is 2.31. The summed E-state index contributed by atoms with van der Waals surface area (Å²) in [7, 11) is 1.57. The van der Waals surface area contributed by atoms with Gasteiger partial charge in [0.1, 0.15) is 11.6 Å². The smallest absolute Gasteiger partial charge is 0.130 e. The van der Waals surface area contributed by atoms with Gasteiger partial charge in [-0.15, -0.1) is 0 Å². The molecular weight excluding hydrogens is 229 g/mol. The summed E-state index contributed by atoms with van der Waals surface area (Å²) in [4.78, 5) is 2.43. The molecule has 1 saturated heterocycles. The minimum atomic E-state index is -0.134. The van der Waals surface area contributed by atoms with Gasteiger partial charge < -0.3 is 9.64 Å². The van der Waals surface area contributed by atoms with Crippen molar-refractivity contribution < 1.29 is 9.13 Å². The van der Waals surface area contributed by atoms with Crippen LogP contribution in [-0.4, -0.2) is 31.1 Å². The Morgan fingerprint density at radius 3 is 2.78 bits per heavy atom. The summed E-state index contributed by atoms with van der Waals surface area (Å²) in [6.07, 6.45) is 2.22. The monoisotopic (exact) mass is 251 g/mol. The highest BCUT2D eigenvalue weighted by Gasteiger charge is 2.24. The predicted molar refractivity (Wildman–Crippen MR) is 71.6 cm³/mol. The quantitative estimate of drug-likeness (QED) is 0.816. The van der Waals surface area contributed by atoms with Crippen LogP contribution in [0.1, 0.15) is 38.2 Å². The summed E-state index contributed by atoms with van der Waals surface area (Å²) in [5.41, 5.74) is 0.834. The lowest BCUT2D eigenvalue weighted by atomic mass is 9.89. The predicted octanol–water partition coefficient (Wildman–Crippen LogP) is 3.42. The lowest BCUT2D eigenvalue weighted by molar-refractivity contribution is 0.166. The molecule has 1 aromatic rings. The lowest BCUT2D eigenvalue weighted by Crippen LogP contribution is -2.39. The van der Waals surface area contributed by atoms with Gasteiger partial charge >= 0.3 is 0 Å². The lowest BCUT2D eigenvalue weighted by Gasteiger charge is -2.35. The maximum atomic E-state index is 14.1. The summed E-state index contributed by atoms with van der Waals surface area (Å²) in [5.74, 6) is 0.768. The van der Waals surface area contributed by atoms with Crippen LogP contribution in [0, 0.1) is 5.82 Å². The SMILES string of the molecule is COc1ccc(C2CCCN(C(C)C)C2)c(F)c1. The fraction of sp³-hybridized carbons (Fsp3) is 0.600. The van der Waals surface area contributed by atoms with Gasteiger partial charge in [-0.25, -0.2) is 4.39 Å². The molecule has 2 nitrogen and oxygen atoms in total. The van der Waals surface area contributed by atoms with E-state index in [2.05, 4.69) is 18.7 Å². The van der Waals surface area contributed by atoms with E-state index in [1.807, 2.05) is 12.1 Å². The molecule has 0 amide bonds. The van der Waals surface area contributed by atoms with Gasteiger partial charge in [0.25, 0.3) is 0 Å². The fourth-order valence-corrected chi connectivity index (χ4v) is 2.70. The molecule has 0 N–H and O–H groups in total. The molecule has 0 radical (unpaired) electrons. The minimum absolute atomic E-state index is 0.134. The molecule has 3 heteroatoms. The number of likely N-dealkylation sites (tertiary alicyclic amines) is 1. The standard InChI is InChI=1S/C15H22FNO/c1-11(2)17-8-4-5-12(10-17)14-7-6-13(18-3)9-15(14)16/h6-7,9,11-12H,4-5,8,10H2,1-3H3. The van der Waals surface area contributed by atoms with Gasteiger partial charge in [0.05, 0.1) is 7.11 Å². The molecule has 2 rings (SSSR count). The Morgan fingerprint density at radius 1 is 1.39 bits per heavy atom. The summed E-state index contributed by atoms with van der Waals surface area (Å²) in [6.45, 7) is 6.49. The molecule has 18 heavy (non-hydrogen) atoms. The van der Waals surface area contributed by atoms with Gasteiger partial charge in [0, 0.05) is 18.7 Å². The van der Waals surface area contributed by atoms with Crippen molar-refractivity contribution in [1.29, 1.82) is 0 Å². The number of hydrogen-bond acceptors (Lipinski definition) is 2. The van der Waals surface area contributed by atoms with Gasteiger partial charge in [-0.1, -0.05) is 6.07 Å². The van der Waals surface area contributed by atoms with Crippen molar-refractivity contribution in [3.8, 4) is 5.75 Å². The molecule has 0 spiro atoms. The molecule has 0 aromatic heterocycles. The highest BCUT2D eigenvalue weighted by atomic mass is 19.1. The maximum absolute atomic E-state index is 14.1. The third kappa shape index (κ3) is 2.83. The number of piperidine rings is 1. The first-order valence-corrected chi connectivity index (χ1v) is 6.69. The molecule has 1 heterocycles. The van der Waals surface area contributed by atoms with E-state index in [4.69, 9.17) is 4.74 Å². The highest BCUT2D eigenvalue weighted by molar-refractivity contribution is 5.31. The number of methoxy groups -OCH3 is 1. The van der Waals surface area contributed by atoms with E-state index in [-0.39, 0.29) is 5.82 Å². The molecule has 1 unspecified atom stereocenters. The van der Waals surface area contributed by atoms with Crippen LogP contribution >= 0.6 is 0 Å². The first-order valence-electron chi connectivity index (χ1n) is 6.69. The Balaban J connectivity index is 2.15. The first kappa shape index (κ1) is 13.3. The second kappa shape index (κ2) is 5.70. The van der Waals surface area contributed by atoms with E-state index >= 15 is 0 Å². The van der Waals surface area contributed by atoms with Crippen molar-refractivity contribution in [2.75, 3.05) is 20.2 Å². The molecule has 1 atom stereocenters. The number of ether oxygens (including phenoxy) is 1. The third-order valence-corrected chi connectivity index (χ3v) is 3.83. The average Bonchev–Trinajstić information content (AvgIpc) is 2.38. The van der Waals surface area contributed by atoms with Crippen LogP contribution in [0.4, 0.5) is 4.39 Å². The summed E-state index contributed by atoms with van der Waals surface area (Å²) in [5, 5.41) is 0. The molecular formula is C15H22FNO. The van der Waals surface area contributed by atoms with E-state index < -0.39 is 0 Å². The number of benzene rings is 1. The van der Waals surface area contributed by atoms with Crippen molar-refractivity contribution in [2.45, 2.75) is 38.6 Å². The zero-order chi connectivity index (χ0) is 13.1. The number of nitrogens with zero attached hydrogens (tertiary/aromatic N) is 1. The Morgan fingerprint density at radius 2 is 2.17 bits per heavy atom. The number of rotatable bonds is 3. The average molecular weight is 251 g/mol. The molecule has 1 aromatic carbocycles. The first-order chi connectivity index (χ1) is 8.61. The zero-order valence-corrected chi connectivity index (χ0v) is 11.4. The van der Waals surface area contributed by atoms with Gasteiger partial charge in [0.15, 0.2) is 0 Å². The van der Waals surface area contributed by atoms with Crippen molar-refractivity contribution in [1.82, 2.24) is 4.90 Å². The third-order valence-electron chi connectivity index (χ3n) is 3.83. The normalized spacial score (nSPS) is 21.3. The van der Waals surface area contributed by atoms with Gasteiger partial charge in [-0.3, -0.25) is 0 Å². The molecule has 0 bridgehead atoms. The zero-order valence-electron chi connectivity index (χ0n) is 11.4. The van der Waals surface area contributed by atoms with Gasteiger partial charge in [0.2, 0.25) is 0 Å². The fourth-order valence-electron chi connectivity index (χ4n) is 2.70. The molecule has 1 fully saturated rings. The van der Waals surface area contributed by atoms with Crippen LogP contribution in [-0.2, 0) is 0 Å². The second-order valence-electron chi connectivity index (χ2n) is 5.32. The van der Waals surface area contributed by atoms with E-state index in [0.29, 0.717) is 17.7 Å². The van der Waals surface area contributed by atoms with Gasteiger partial charge in [-0.2, -0.15) is 0 Å². The molecule has 1 aliphatic heterocycles. The Bertz CT molecular complexity index is 405. The van der Waals surface area contributed by atoms with E-state index in [1.54, 1.807) is 7.11 Å². The molecule has 1 aliphatic rings. The van der Waals surface area contributed by atoms with Crippen LogP contribution in [0.3, 0.4) is 0 Å². The Hall–Kier alpha value is -1.09. The maximum Gasteiger partial charge on any atom is 0.130 e. The molecule has 100 valence electrons. The summed E-state index contributed by atoms with van der Waals surface area (Å²) >= 11 is 0. The van der Waals surface area contributed by atoms with E-state index in [9.17, 15) is 4.39 Å². The van der Waals surface area contributed by atoms with Crippen molar-refractivity contribution in [2.24, 2.45) is 0 Å². The van der Waals surface area contributed by atoms with Crippen LogP contribution in [0.2, 0.25) is 0 Å². The summed E-state index contributed by atoms with van der Waals surface area (Å²) < 4.78 is 19.1. The van der Waals surface area contributed by atoms with Crippen molar-refractivity contribution in [3.63, 3.8) is 0 Å². The Kier molecular flexibility index (Phi) is 4.23. The molecule has 0 aliphatic carbocycles. The van der Waals surface area contributed by atoms with Crippen LogP contribution in [0.15, 0.2) is 18.2 Å². The topological polar surface area (TPSA) is 12.5 Å². The van der Waals surface area contributed by atoms with Crippen LogP contribution in [0.5, 0.6) is 5.75 Å². The van der Waals surface area contributed by atoms with E-state index in [1.165, 1.54) is 6.07 Å². The van der Waals surface area contributed by atoms with E-state index in [0.717, 1.165) is 31.5 Å². The van der Waals surface area contributed by atoms with Gasteiger partial charge in [-0.05, 0) is 50.8 Å². The van der Waals surface area contributed by atoms with Crippen LogP contribution in [0.25, 0.3) is 0 Å². The number of hydrogen-bond donors (Lipinski definition) is 0. The number of halogens is 1. The largest absolute Gasteiger partial charge is 0.497 e. The summed E-state index contributed by atoms with van der Waals surface area (Å²) in [6, 6.07) is 5.76. The van der Waals surface area contributed by atoms with Crippen molar-refractivity contribution in [3.05, 3.63) is 29.6 Å². The Labute approximate surface area is 109 Å². The van der Waals surface area contributed by atoms with Crippen LogP contribution < -0.4 is 4.74 Å². The minimum Gasteiger partial charge on any atom is -0.497 e. The van der Waals surface area contributed by atoms with Crippen molar-refractivity contribution >= 4 is 0 Å². The molecule has 0 saturated carbocycles. The second-order valence-corrected chi connectivity index (χ2v) is 5.32.